The Morgan fingerprint density at radius 1 is 1.30 bits per heavy atom. The number of aliphatic hydroxyl groups is 2. The predicted molar refractivity (Wildman–Crippen MR) is 120 cm³/mol. The molecule has 2 atom stereocenters. The van der Waals surface area contributed by atoms with Crippen LogP contribution in [-0.2, 0) is 6.54 Å². The SMILES string of the molecule is CC(C)C(=CN)c1nc(NCc2ccccc2)cc(N[C@H]2CNCC[C@@]2(O)CO)n1. The number of allylic oxidation sites excluding steroid dienone is 1. The molecule has 1 aromatic carbocycles. The Kier molecular flexibility index (Phi) is 7.25. The molecular weight excluding hydrogens is 380 g/mol. The maximum atomic E-state index is 10.8. The second kappa shape index (κ2) is 9.88. The van der Waals surface area contributed by atoms with Crippen molar-refractivity contribution >= 4 is 17.2 Å². The lowest BCUT2D eigenvalue weighted by Crippen LogP contribution is -2.59. The number of aromatic nitrogens is 2. The topological polar surface area (TPSA) is 128 Å². The van der Waals surface area contributed by atoms with Crippen molar-refractivity contribution < 1.29 is 10.2 Å². The minimum atomic E-state index is -1.21. The van der Waals surface area contributed by atoms with Gasteiger partial charge in [-0.05, 0) is 24.4 Å². The molecular formula is C22H32N6O2. The van der Waals surface area contributed by atoms with Crippen molar-refractivity contribution in [3.8, 4) is 0 Å². The Morgan fingerprint density at radius 3 is 2.70 bits per heavy atom. The van der Waals surface area contributed by atoms with E-state index in [9.17, 15) is 10.2 Å². The summed E-state index contributed by atoms with van der Waals surface area (Å²) < 4.78 is 0. The number of nitrogens with one attached hydrogen (secondary N) is 3. The largest absolute Gasteiger partial charge is 0.404 e. The molecule has 0 saturated carbocycles. The summed E-state index contributed by atoms with van der Waals surface area (Å²) in [5.41, 5.74) is 6.61. The molecule has 1 saturated heterocycles. The lowest BCUT2D eigenvalue weighted by molar-refractivity contribution is -0.0458. The highest BCUT2D eigenvalue weighted by molar-refractivity contribution is 5.64. The van der Waals surface area contributed by atoms with Crippen molar-refractivity contribution in [2.45, 2.75) is 38.5 Å². The van der Waals surface area contributed by atoms with Crippen LogP contribution in [0.25, 0.3) is 5.57 Å². The van der Waals surface area contributed by atoms with E-state index in [-0.39, 0.29) is 18.6 Å². The first kappa shape index (κ1) is 22.0. The highest BCUT2D eigenvalue weighted by Gasteiger charge is 2.38. The van der Waals surface area contributed by atoms with Crippen molar-refractivity contribution in [3.05, 3.63) is 54.0 Å². The fraction of sp³-hybridized carbons (Fsp3) is 0.455. The lowest BCUT2D eigenvalue weighted by atomic mass is 9.88. The van der Waals surface area contributed by atoms with Crippen LogP contribution in [-0.4, -0.2) is 51.5 Å². The normalized spacial score (nSPS) is 22.2. The Balaban J connectivity index is 1.89. The van der Waals surface area contributed by atoms with Gasteiger partial charge >= 0.3 is 0 Å². The van der Waals surface area contributed by atoms with Crippen molar-refractivity contribution in [1.82, 2.24) is 15.3 Å². The Hall–Kier alpha value is -2.68. The van der Waals surface area contributed by atoms with E-state index in [1.807, 2.05) is 50.2 Å². The molecule has 8 heteroatoms. The van der Waals surface area contributed by atoms with Crippen molar-refractivity contribution in [2.75, 3.05) is 30.3 Å². The van der Waals surface area contributed by atoms with Gasteiger partial charge in [-0.15, -0.1) is 0 Å². The van der Waals surface area contributed by atoms with Gasteiger partial charge in [-0.3, -0.25) is 0 Å². The van der Waals surface area contributed by atoms with Crippen LogP contribution in [0.1, 0.15) is 31.7 Å². The fourth-order valence-corrected chi connectivity index (χ4v) is 3.52. The molecule has 0 unspecified atom stereocenters. The van der Waals surface area contributed by atoms with E-state index in [2.05, 4.69) is 25.9 Å². The molecule has 2 heterocycles. The smallest absolute Gasteiger partial charge is 0.161 e. The molecule has 3 rings (SSSR count). The van der Waals surface area contributed by atoms with E-state index in [4.69, 9.17) is 5.73 Å². The standard InChI is InChI=1S/C22H32N6O2/c1-15(2)17(11-23)21-27-19(25-12-16-6-4-3-5-7-16)10-20(28-21)26-18-13-24-9-8-22(18,30)14-29/h3-7,10-11,15,18,24,29-30H,8-9,12-14,23H2,1-2H3,(H2,25,26,27,28)/t18-,22+/m0/s1. The zero-order valence-corrected chi connectivity index (χ0v) is 17.6. The van der Waals surface area contributed by atoms with E-state index >= 15 is 0 Å². The fourth-order valence-electron chi connectivity index (χ4n) is 3.52. The van der Waals surface area contributed by atoms with Crippen molar-refractivity contribution in [2.24, 2.45) is 11.7 Å². The van der Waals surface area contributed by atoms with Crippen LogP contribution in [0.5, 0.6) is 0 Å². The molecule has 1 aromatic heterocycles. The number of nitrogens with two attached hydrogens (primary N) is 1. The number of anilines is 2. The molecule has 162 valence electrons. The average molecular weight is 413 g/mol. The first-order valence-corrected chi connectivity index (χ1v) is 10.3. The van der Waals surface area contributed by atoms with Crippen LogP contribution < -0.4 is 21.7 Å². The van der Waals surface area contributed by atoms with Gasteiger partial charge in [0.15, 0.2) is 5.82 Å². The molecule has 0 radical (unpaired) electrons. The van der Waals surface area contributed by atoms with Crippen molar-refractivity contribution in [1.29, 1.82) is 0 Å². The second-order valence-electron chi connectivity index (χ2n) is 7.99. The molecule has 8 nitrogen and oxygen atoms in total. The van der Waals surface area contributed by atoms with Gasteiger partial charge in [-0.2, -0.15) is 0 Å². The number of rotatable bonds is 8. The monoisotopic (exact) mass is 412 g/mol. The third-order valence-electron chi connectivity index (χ3n) is 5.43. The Bertz CT molecular complexity index is 858. The van der Waals surface area contributed by atoms with Crippen LogP contribution in [0.2, 0.25) is 0 Å². The number of hydrogen-bond donors (Lipinski definition) is 6. The minimum absolute atomic E-state index is 0.151. The Morgan fingerprint density at radius 2 is 2.03 bits per heavy atom. The molecule has 0 spiro atoms. The van der Waals surface area contributed by atoms with Gasteiger partial charge in [0, 0.05) is 30.9 Å². The summed E-state index contributed by atoms with van der Waals surface area (Å²) in [6.45, 7) is 5.55. The van der Waals surface area contributed by atoms with Gasteiger partial charge in [-0.25, -0.2) is 9.97 Å². The molecule has 1 fully saturated rings. The minimum Gasteiger partial charge on any atom is -0.404 e. The first-order valence-electron chi connectivity index (χ1n) is 10.3. The number of benzene rings is 1. The number of nitrogens with zero attached hydrogens (tertiary/aromatic N) is 2. The number of hydrogen-bond acceptors (Lipinski definition) is 8. The summed E-state index contributed by atoms with van der Waals surface area (Å²) in [5, 5.41) is 30.4. The quantitative estimate of drug-likeness (QED) is 0.385. The van der Waals surface area contributed by atoms with Gasteiger partial charge in [0.25, 0.3) is 0 Å². The zero-order chi connectivity index (χ0) is 21.6. The van der Waals surface area contributed by atoms with Gasteiger partial charge < -0.3 is 31.9 Å². The molecule has 1 aliphatic rings. The number of piperidine rings is 1. The molecule has 0 amide bonds. The van der Waals surface area contributed by atoms with Crippen molar-refractivity contribution in [3.63, 3.8) is 0 Å². The van der Waals surface area contributed by atoms with E-state index in [0.717, 1.165) is 11.1 Å². The Labute approximate surface area is 177 Å². The molecule has 2 aromatic rings. The van der Waals surface area contributed by atoms with Crippen LogP contribution in [0.15, 0.2) is 42.6 Å². The number of aliphatic hydroxyl groups excluding tert-OH is 1. The van der Waals surface area contributed by atoms with Gasteiger partial charge in [0.1, 0.15) is 17.2 Å². The summed E-state index contributed by atoms with van der Waals surface area (Å²) in [7, 11) is 0. The summed E-state index contributed by atoms with van der Waals surface area (Å²) in [6.07, 6.45) is 2.00. The van der Waals surface area contributed by atoms with Gasteiger partial charge in [0.05, 0.1) is 12.6 Å². The van der Waals surface area contributed by atoms with Gasteiger partial charge in [-0.1, -0.05) is 44.2 Å². The highest BCUT2D eigenvalue weighted by atomic mass is 16.3. The van der Waals surface area contributed by atoms with E-state index in [1.165, 1.54) is 6.20 Å². The van der Waals surface area contributed by atoms with Crippen LogP contribution in [0.3, 0.4) is 0 Å². The molecule has 1 aliphatic heterocycles. The maximum absolute atomic E-state index is 10.8. The van der Waals surface area contributed by atoms with Crippen LogP contribution in [0, 0.1) is 5.92 Å². The molecule has 30 heavy (non-hydrogen) atoms. The van der Waals surface area contributed by atoms with E-state index < -0.39 is 5.60 Å². The third kappa shape index (κ3) is 5.27. The van der Waals surface area contributed by atoms with Crippen LogP contribution >= 0.6 is 0 Å². The summed E-state index contributed by atoms with van der Waals surface area (Å²) in [4.78, 5) is 9.30. The highest BCUT2D eigenvalue weighted by Crippen LogP contribution is 2.26. The third-order valence-corrected chi connectivity index (χ3v) is 5.43. The first-order chi connectivity index (χ1) is 14.4. The maximum Gasteiger partial charge on any atom is 0.161 e. The predicted octanol–water partition coefficient (Wildman–Crippen LogP) is 1.54. The molecule has 0 bridgehead atoms. The van der Waals surface area contributed by atoms with E-state index in [0.29, 0.717) is 43.5 Å². The zero-order valence-electron chi connectivity index (χ0n) is 17.6. The van der Waals surface area contributed by atoms with E-state index in [1.54, 1.807) is 0 Å². The average Bonchev–Trinajstić information content (AvgIpc) is 2.75. The molecule has 0 aliphatic carbocycles. The second-order valence-corrected chi connectivity index (χ2v) is 7.99. The van der Waals surface area contributed by atoms with Crippen LogP contribution in [0.4, 0.5) is 11.6 Å². The van der Waals surface area contributed by atoms with Gasteiger partial charge in [0.2, 0.25) is 0 Å². The lowest BCUT2D eigenvalue weighted by Gasteiger charge is -2.39. The summed E-state index contributed by atoms with van der Waals surface area (Å²) in [6, 6.07) is 11.5. The molecule has 7 N–H and O–H groups in total. The summed E-state index contributed by atoms with van der Waals surface area (Å²) >= 11 is 0. The summed E-state index contributed by atoms with van der Waals surface area (Å²) in [5.74, 6) is 1.90.